The Morgan fingerprint density at radius 1 is 1.12 bits per heavy atom. The topological polar surface area (TPSA) is 92.8 Å². The van der Waals surface area contributed by atoms with Gasteiger partial charge >= 0.3 is 5.97 Å². The smallest absolute Gasteiger partial charge is 0.338 e. The maximum atomic E-state index is 12.8. The van der Waals surface area contributed by atoms with E-state index in [-0.39, 0.29) is 45.9 Å². The number of hydrogen-bond donors (Lipinski definition) is 1. The van der Waals surface area contributed by atoms with E-state index in [9.17, 15) is 26.8 Å². The van der Waals surface area contributed by atoms with Gasteiger partial charge in [0.2, 0.25) is 10.0 Å². The monoisotopic (exact) mass is 486 g/mol. The molecule has 0 unspecified atom stereocenters. The average Bonchev–Trinajstić information content (AvgIpc) is 2.74. The van der Waals surface area contributed by atoms with Crippen LogP contribution in [0.15, 0.2) is 52.3 Å². The van der Waals surface area contributed by atoms with E-state index in [2.05, 4.69) is 5.32 Å². The SMILES string of the molecule is CCN(CC)S(=O)(=O)c1cc(C(=O)OCC(=O)Nc2ccccc2SC(F)F)ccc1C. The first-order valence-electron chi connectivity index (χ1n) is 9.71. The Kier molecular flexibility index (Phi) is 9.17. The van der Waals surface area contributed by atoms with Crippen LogP contribution in [0.3, 0.4) is 0 Å². The van der Waals surface area contributed by atoms with Gasteiger partial charge in [0.25, 0.3) is 11.7 Å². The molecule has 0 saturated carbocycles. The van der Waals surface area contributed by atoms with Gasteiger partial charge in [0, 0.05) is 18.0 Å². The van der Waals surface area contributed by atoms with E-state index < -0.39 is 34.3 Å². The van der Waals surface area contributed by atoms with Crippen molar-refractivity contribution >= 4 is 39.3 Å². The van der Waals surface area contributed by atoms with Crippen LogP contribution in [0.25, 0.3) is 0 Å². The molecule has 0 radical (unpaired) electrons. The predicted molar refractivity (Wildman–Crippen MR) is 119 cm³/mol. The van der Waals surface area contributed by atoms with E-state index in [0.29, 0.717) is 5.56 Å². The van der Waals surface area contributed by atoms with Crippen LogP contribution >= 0.6 is 11.8 Å². The van der Waals surface area contributed by atoms with Crippen LogP contribution in [0, 0.1) is 6.92 Å². The summed E-state index contributed by atoms with van der Waals surface area (Å²) < 4.78 is 57.2. The molecule has 0 aliphatic rings. The molecule has 32 heavy (non-hydrogen) atoms. The number of benzene rings is 2. The van der Waals surface area contributed by atoms with Gasteiger partial charge in [-0.2, -0.15) is 13.1 Å². The number of nitrogens with one attached hydrogen (secondary N) is 1. The number of nitrogens with zero attached hydrogens (tertiary/aromatic N) is 1. The number of ether oxygens (including phenoxy) is 1. The number of para-hydroxylation sites is 1. The number of esters is 1. The predicted octanol–water partition coefficient (Wildman–Crippen LogP) is 4.14. The Labute approximate surface area is 190 Å². The lowest BCUT2D eigenvalue weighted by atomic mass is 10.1. The van der Waals surface area contributed by atoms with Crippen LogP contribution in [0.2, 0.25) is 0 Å². The summed E-state index contributed by atoms with van der Waals surface area (Å²) in [7, 11) is -3.79. The number of thioether (sulfide) groups is 1. The first-order valence-corrected chi connectivity index (χ1v) is 12.0. The van der Waals surface area contributed by atoms with Gasteiger partial charge in [0.15, 0.2) is 6.61 Å². The van der Waals surface area contributed by atoms with Crippen LogP contribution < -0.4 is 5.32 Å². The van der Waals surface area contributed by atoms with Crippen molar-refractivity contribution in [2.75, 3.05) is 25.0 Å². The molecule has 1 N–H and O–H groups in total. The van der Waals surface area contributed by atoms with E-state index in [1.54, 1.807) is 32.9 Å². The number of amides is 1. The van der Waals surface area contributed by atoms with Crippen molar-refractivity contribution in [3.05, 3.63) is 53.6 Å². The largest absolute Gasteiger partial charge is 0.452 e. The summed E-state index contributed by atoms with van der Waals surface area (Å²) >= 11 is 0.283. The fraction of sp³-hybridized carbons (Fsp3) is 0.333. The van der Waals surface area contributed by atoms with E-state index in [1.165, 1.54) is 34.6 Å². The number of alkyl halides is 2. The molecule has 0 heterocycles. The fourth-order valence-corrected chi connectivity index (χ4v) is 5.18. The second kappa shape index (κ2) is 11.4. The number of rotatable bonds is 10. The second-order valence-electron chi connectivity index (χ2n) is 6.57. The highest BCUT2D eigenvalue weighted by molar-refractivity contribution is 7.99. The van der Waals surface area contributed by atoms with Crippen molar-refractivity contribution < 1.29 is 31.5 Å². The highest BCUT2D eigenvalue weighted by Gasteiger charge is 2.25. The van der Waals surface area contributed by atoms with Crippen LogP contribution in [0.4, 0.5) is 14.5 Å². The lowest BCUT2D eigenvalue weighted by Gasteiger charge is -2.20. The van der Waals surface area contributed by atoms with Gasteiger partial charge in [-0.15, -0.1) is 0 Å². The van der Waals surface area contributed by atoms with E-state index >= 15 is 0 Å². The number of carbonyl (C=O) groups is 2. The lowest BCUT2D eigenvalue weighted by molar-refractivity contribution is -0.119. The Bertz CT molecular complexity index is 1070. The van der Waals surface area contributed by atoms with Crippen molar-refractivity contribution in [3.8, 4) is 0 Å². The molecule has 0 bridgehead atoms. The van der Waals surface area contributed by atoms with Crippen LogP contribution in [-0.2, 0) is 19.6 Å². The molecule has 2 aromatic carbocycles. The van der Waals surface area contributed by atoms with E-state index in [0.717, 1.165) is 0 Å². The molecule has 0 spiro atoms. The quantitative estimate of drug-likeness (QED) is 0.401. The Morgan fingerprint density at radius 2 is 1.78 bits per heavy atom. The van der Waals surface area contributed by atoms with Crippen molar-refractivity contribution in [3.63, 3.8) is 0 Å². The molecule has 0 atom stereocenters. The van der Waals surface area contributed by atoms with Gasteiger partial charge in [-0.05, 0) is 36.8 Å². The third kappa shape index (κ3) is 6.50. The first-order chi connectivity index (χ1) is 15.1. The maximum Gasteiger partial charge on any atom is 0.338 e. The summed E-state index contributed by atoms with van der Waals surface area (Å²) in [6.45, 7) is 4.93. The third-order valence-electron chi connectivity index (χ3n) is 4.46. The van der Waals surface area contributed by atoms with Gasteiger partial charge in [-0.25, -0.2) is 13.2 Å². The average molecular weight is 487 g/mol. The number of hydrogen-bond acceptors (Lipinski definition) is 6. The lowest BCUT2D eigenvalue weighted by Crippen LogP contribution is -2.31. The zero-order chi connectivity index (χ0) is 23.9. The molecule has 11 heteroatoms. The molecule has 7 nitrogen and oxygen atoms in total. The molecule has 0 aromatic heterocycles. The van der Waals surface area contributed by atoms with Gasteiger partial charge in [0.1, 0.15) is 0 Å². The van der Waals surface area contributed by atoms with E-state index in [1.807, 2.05) is 0 Å². The summed E-state index contributed by atoms with van der Waals surface area (Å²) in [6.07, 6.45) is 0. The number of halogens is 2. The molecule has 0 aliphatic heterocycles. The molecule has 2 rings (SSSR count). The summed E-state index contributed by atoms with van der Waals surface area (Å²) in [5, 5.41) is 2.42. The molecule has 0 aliphatic carbocycles. The number of anilines is 1. The van der Waals surface area contributed by atoms with Crippen molar-refractivity contribution in [1.82, 2.24) is 4.31 Å². The number of aryl methyl sites for hydroxylation is 1. The van der Waals surface area contributed by atoms with Crippen LogP contribution in [-0.4, -0.2) is 50.1 Å². The van der Waals surface area contributed by atoms with Crippen LogP contribution in [0.5, 0.6) is 0 Å². The Hall–Kier alpha value is -2.50. The normalized spacial score (nSPS) is 11.6. The van der Waals surface area contributed by atoms with Gasteiger partial charge < -0.3 is 10.1 Å². The molecular weight excluding hydrogens is 462 g/mol. The van der Waals surface area contributed by atoms with Crippen molar-refractivity contribution in [2.24, 2.45) is 0 Å². The minimum atomic E-state index is -3.79. The summed E-state index contributed by atoms with van der Waals surface area (Å²) in [5.41, 5.74) is 0.615. The number of sulfonamides is 1. The molecular formula is C21H24F2N2O5S2. The molecule has 1 amide bonds. The highest BCUT2D eigenvalue weighted by atomic mass is 32.2. The van der Waals surface area contributed by atoms with Gasteiger partial charge in [0.05, 0.1) is 16.1 Å². The van der Waals surface area contributed by atoms with Crippen molar-refractivity contribution in [1.29, 1.82) is 0 Å². The summed E-state index contributed by atoms with van der Waals surface area (Å²) in [4.78, 5) is 24.7. The molecule has 174 valence electrons. The molecule has 2 aromatic rings. The minimum absolute atomic E-state index is 0.0157. The Morgan fingerprint density at radius 3 is 2.41 bits per heavy atom. The van der Waals surface area contributed by atoms with Crippen molar-refractivity contribution in [2.45, 2.75) is 36.3 Å². The van der Waals surface area contributed by atoms with E-state index in [4.69, 9.17) is 4.74 Å². The highest BCUT2D eigenvalue weighted by Crippen LogP contribution is 2.31. The standard InChI is InChI=1S/C21H24F2N2O5S2/c1-4-25(5-2)32(28,29)18-12-15(11-10-14(18)3)20(27)30-13-19(26)24-16-8-6-7-9-17(16)31-21(22)23/h6-12,21H,4-5,13H2,1-3H3,(H,24,26). The maximum absolute atomic E-state index is 12.8. The number of carbonyl (C=O) groups excluding carboxylic acids is 2. The Balaban J connectivity index is 2.10. The van der Waals surface area contributed by atoms with Crippen LogP contribution in [0.1, 0.15) is 29.8 Å². The zero-order valence-corrected chi connectivity index (χ0v) is 19.4. The zero-order valence-electron chi connectivity index (χ0n) is 17.8. The second-order valence-corrected chi connectivity index (χ2v) is 9.51. The minimum Gasteiger partial charge on any atom is -0.452 e. The van der Waals surface area contributed by atoms with Gasteiger partial charge in [-0.3, -0.25) is 4.79 Å². The van der Waals surface area contributed by atoms with Gasteiger partial charge in [-0.1, -0.05) is 43.8 Å². The molecule has 0 saturated heterocycles. The fourth-order valence-electron chi connectivity index (χ4n) is 2.88. The summed E-state index contributed by atoms with van der Waals surface area (Å²) in [5.74, 6) is -4.26. The first kappa shape index (κ1) is 25.8. The third-order valence-corrected chi connectivity index (χ3v) is 7.44. The molecule has 0 fully saturated rings. The summed E-state index contributed by atoms with van der Waals surface area (Å²) in [6, 6.07) is 10.1.